The van der Waals surface area contributed by atoms with Crippen LogP contribution in [0.2, 0.25) is 0 Å². The number of hydrogen-bond donors (Lipinski definition) is 2. The fourth-order valence-corrected chi connectivity index (χ4v) is 1.04. The monoisotopic (exact) mass is 174 g/mol. The fourth-order valence-electron chi connectivity index (χ4n) is 1.04. The average molecular weight is 174 g/mol. The predicted molar refractivity (Wildman–Crippen MR) is 55.8 cm³/mol. The molecule has 2 N–H and O–H groups in total. The third kappa shape index (κ3) is 2.90. The minimum Gasteiger partial charge on any atom is -0.424 e. The molecule has 66 valence electrons. The zero-order chi connectivity index (χ0) is 9.68. The van der Waals surface area contributed by atoms with Gasteiger partial charge in [-0.05, 0) is 11.1 Å². The molecule has 1 rings (SSSR count). The molecular weight excluding hydrogens is 163 g/mol. The molecule has 13 heavy (non-hydrogen) atoms. The van der Waals surface area contributed by atoms with Gasteiger partial charge in [-0.25, -0.2) is 0 Å². The highest BCUT2D eigenvalue weighted by Crippen LogP contribution is 2.11. The summed E-state index contributed by atoms with van der Waals surface area (Å²) in [6.07, 6.45) is 3.38. The molecule has 0 bridgehead atoms. The van der Waals surface area contributed by atoms with Crippen LogP contribution in [0, 0.1) is 0 Å². The number of hydrogen-bond acceptors (Lipinski definition) is 2. The Bertz CT molecular complexity index is 318. The van der Waals surface area contributed by atoms with Crippen molar-refractivity contribution in [3.8, 4) is 0 Å². The SMILES string of the molecule is C=Cc1ccccc1/C=C/B(O)O. The Balaban J connectivity index is 2.93. The molecule has 0 spiro atoms. The number of benzene rings is 1. The molecule has 2 nitrogen and oxygen atoms in total. The highest BCUT2D eigenvalue weighted by Gasteiger charge is 1.99. The summed E-state index contributed by atoms with van der Waals surface area (Å²) in [4.78, 5) is 0. The van der Waals surface area contributed by atoms with E-state index in [0.29, 0.717) is 0 Å². The fraction of sp³-hybridized carbons (Fsp3) is 0. The standard InChI is InChI=1S/C10H11BO2/c1-2-9-5-3-4-6-10(9)7-8-11(12)13/h2-8,12-13H,1H2/b8-7+. The van der Waals surface area contributed by atoms with Crippen LogP contribution >= 0.6 is 0 Å². The molecule has 0 aliphatic carbocycles. The lowest BCUT2D eigenvalue weighted by Gasteiger charge is -1.98. The second kappa shape index (κ2) is 4.65. The van der Waals surface area contributed by atoms with E-state index < -0.39 is 7.12 Å². The molecule has 0 heterocycles. The second-order valence-corrected chi connectivity index (χ2v) is 2.61. The third-order valence-corrected chi connectivity index (χ3v) is 1.66. The molecule has 0 unspecified atom stereocenters. The van der Waals surface area contributed by atoms with Crippen LogP contribution in [0.3, 0.4) is 0 Å². The number of rotatable bonds is 3. The molecule has 3 heteroatoms. The van der Waals surface area contributed by atoms with Gasteiger partial charge in [-0.3, -0.25) is 0 Å². The molecule has 1 aromatic carbocycles. The van der Waals surface area contributed by atoms with E-state index in [2.05, 4.69) is 6.58 Å². The van der Waals surface area contributed by atoms with Crippen molar-refractivity contribution in [2.45, 2.75) is 0 Å². The molecule has 0 aliphatic heterocycles. The van der Waals surface area contributed by atoms with E-state index in [9.17, 15) is 0 Å². The Morgan fingerprint density at radius 1 is 1.15 bits per heavy atom. The molecule has 1 aromatic rings. The van der Waals surface area contributed by atoms with Gasteiger partial charge in [-0.1, -0.05) is 49.0 Å². The maximum absolute atomic E-state index is 8.62. The Kier molecular flexibility index (Phi) is 3.49. The first-order chi connectivity index (χ1) is 6.24. The van der Waals surface area contributed by atoms with Crippen LogP contribution < -0.4 is 0 Å². The van der Waals surface area contributed by atoms with Crippen LogP contribution in [0.25, 0.3) is 12.2 Å². The van der Waals surface area contributed by atoms with E-state index in [-0.39, 0.29) is 0 Å². The summed E-state index contributed by atoms with van der Waals surface area (Å²) in [5.74, 6) is 1.31. The normalized spacial score (nSPS) is 10.3. The van der Waals surface area contributed by atoms with E-state index >= 15 is 0 Å². The van der Waals surface area contributed by atoms with Gasteiger partial charge in [0.2, 0.25) is 0 Å². The molecule has 0 radical (unpaired) electrons. The van der Waals surface area contributed by atoms with E-state index in [1.807, 2.05) is 24.3 Å². The van der Waals surface area contributed by atoms with Crippen LogP contribution in [0.1, 0.15) is 11.1 Å². The van der Waals surface area contributed by atoms with E-state index in [1.54, 1.807) is 12.2 Å². The van der Waals surface area contributed by atoms with Gasteiger partial charge in [0, 0.05) is 0 Å². The van der Waals surface area contributed by atoms with Crippen molar-refractivity contribution < 1.29 is 10.0 Å². The molecular formula is C10H11BO2. The van der Waals surface area contributed by atoms with Crippen LogP contribution in [0.15, 0.2) is 36.8 Å². The largest absolute Gasteiger partial charge is 0.480 e. The van der Waals surface area contributed by atoms with Crippen molar-refractivity contribution in [2.75, 3.05) is 0 Å². The van der Waals surface area contributed by atoms with Gasteiger partial charge in [0.1, 0.15) is 0 Å². The van der Waals surface area contributed by atoms with E-state index in [0.717, 1.165) is 11.1 Å². The first-order valence-corrected chi connectivity index (χ1v) is 4.00. The summed E-state index contributed by atoms with van der Waals surface area (Å²) in [7, 11) is -1.40. The third-order valence-electron chi connectivity index (χ3n) is 1.66. The van der Waals surface area contributed by atoms with E-state index in [1.165, 1.54) is 5.98 Å². The molecule has 0 amide bonds. The van der Waals surface area contributed by atoms with E-state index in [4.69, 9.17) is 10.0 Å². The summed E-state index contributed by atoms with van der Waals surface area (Å²) in [6, 6.07) is 7.59. The Morgan fingerprint density at radius 2 is 1.77 bits per heavy atom. The minimum absolute atomic E-state index is 0.922. The quantitative estimate of drug-likeness (QED) is 0.679. The topological polar surface area (TPSA) is 40.5 Å². The van der Waals surface area contributed by atoms with Crippen molar-refractivity contribution >= 4 is 19.3 Å². The highest BCUT2D eigenvalue weighted by atomic mass is 16.4. The van der Waals surface area contributed by atoms with Crippen molar-refractivity contribution in [3.05, 3.63) is 47.9 Å². The Morgan fingerprint density at radius 3 is 2.31 bits per heavy atom. The van der Waals surface area contributed by atoms with Crippen LogP contribution in [0.4, 0.5) is 0 Å². The van der Waals surface area contributed by atoms with Gasteiger partial charge in [-0.2, -0.15) is 0 Å². The average Bonchev–Trinajstić information content (AvgIpc) is 2.15. The van der Waals surface area contributed by atoms with Gasteiger partial charge in [0.15, 0.2) is 0 Å². The maximum atomic E-state index is 8.62. The summed E-state index contributed by atoms with van der Waals surface area (Å²) < 4.78 is 0. The molecule has 0 saturated heterocycles. The predicted octanol–water partition coefficient (Wildman–Crippen LogP) is 1.35. The summed E-state index contributed by atoms with van der Waals surface area (Å²) in [5.41, 5.74) is 1.89. The summed E-state index contributed by atoms with van der Waals surface area (Å²) in [6.45, 7) is 3.66. The van der Waals surface area contributed by atoms with Crippen LogP contribution in [-0.2, 0) is 0 Å². The van der Waals surface area contributed by atoms with Gasteiger partial charge in [0.25, 0.3) is 0 Å². The summed E-state index contributed by atoms with van der Waals surface area (Å²) >= 11 is 0. The summed E-state index contributed by atoms with van der Waals surface area (Å²) in [5, 5.41) is 17.2. The van der Waals surface area contributed by atoms with Gasteiger partial charge >= 0.3 is 7.12 Å². The zero-order valence-electron chi connectivity index (χ0n) is 7.22. The van der Waals surface area contributed by atoms with Gasteiger partial charge in [-0.15, -0.1) is 0 Å². The van der Waals surface area contributed by atoms with Crippen molar-refractivity contribution in [3.63, 3.8) is 0 Å². The second-order valence-electron chi connectivity index (χ2n) is 2.61. The molecule has 0 aliphatic rings. The molecule has 0 atom stereocenters. The smallest absolute Gasteiger partial charge is 0.424 e. The molecule has 0 saturated carbocycles. The molecule has 0 aromatic heterocycles. The van der Waals surface area contributed by atoms with Crippen LogP contribution in [-0.4, -0.2) is 17.2 Å². The van der Waals surface area contributed by atoms with Crippen molar-refractivity contribution in [2.24, 2.45) is 0 Å². The lowest BCUT2D eigenvalue weighted by Crippen LogP contribution is -2.05. The van der Waals surface area contributed by atoms with Crippen molar-refractivity contribution in [1.82, 2.24) is 0 Å². The zero-order valence-corrected chi connectivity index (χ0v) is 7.22. The maximum Gasteiger partial charge on any atom is 0.480 e. The van der Waals surface area contributed by atoms with Crippen LogP contribution in [0.5, 0.6) is 0 Å². The van der Waals surface area contributed by atoms with Gasteiger partial charge < -0.3 is 10.0 Å². The highest BCUT2D eigenvalue weighted by molar-refractivity contribution is 6.48. The van der Waals surface area contributed by atoms with Crippen molar-refractivity contribution in [1.29, 1.82) is 0 Å². The minimum atomic E-state index is -1.40. The molecule has 0 fully saturated rings. The van der Waals surface area contributed by atoms with Gasteiger partial charge in [0.05, 0.1) is 0 Å². The first kappa shape index (κ1) is 9.77. The first-order valence-electron chi connectivity index (χ1n) is 4.00. The Labute approximate surface area is 78.0 Å². The lowest BCUT2D eigenvalue weighted by molar-refractivity contribution is 0.424. The lowest BCUT2D eigenvalue weighted by atomic mass is 9.90. The Hall–Kier alpha value is -1.32.